The van der Waals surface area contributed by atoms with E-state index in [1.54, 1.807) is 0 Å². The molecule has 0 aliphatic rings. The molecule has 3 nitrogen and oxygen atoms in total. The Morgan fingerprint density at radius 3 is 1.96 bits per heavy atom. The van der Waals surface area contributed by atoms with Crippen molar-refractivity contribution in [2.75, 3.05) is 4.90 Å². The van der Waals surface area contributed by atoms with E-state index in [-0.39, 0.29) is 0 Å². The van der Waals surface area contributed by atoms with Gasteiger partial charge in [-0.25, -0.2) is 4.98 Å². The van der Waals surface area contributed by atoms with Gasteiger partial charge in [0.05, 0.1) is 11.2 Å². The lowest BCUT2D eigenvalue weighted by Gasteiger charge is -2.25. The van der Waals surface area contributed by atoms with Crippen molar-refractivity contribution in [3.05, 3.63) is 97.2 Å². The van der Waals surface area contributed by atoms with Gasteiger partial charge >= 0.3 is 0 Å². The fraction of sp³-hybridized carbons (Fsp3) is 0. The van der Waals surface area contributed by atoms with Crippen LogP contribution in [-0.4, -0.2) is 9.97 Å². The molecule has 1 N–H and O–H groups in total. The molecule has 0 fully saturated rings. The molecule has 26 heavy (non-hydrogen) atoms. The summed E-state index contributed by atoms with van der Waals surface area (Å²) in [6, 6.07) is 31.4. The van der Waals surface area contributed by atoms with Crippen LogP contribution in [0.1, 0.15) is 0 Å². The highest BCUT2D eigenvalue weighted by atomic mass is 15.1. The van der Waals surface area contributed by atoms with Crippen molar-refractivity contribution in [3.63, 3.8) is 0 Å². The van der Waals surface area contributed by atoms with E-state index in [0.717, 1.165) is 33.6 Å². The molecule has 124 valence electrons. The molecule has 2 aromatic heterocycles. The zero-order valence-corrected chi connectivity index (χ0v) is 14.1. The lowest BCUT2D eigenvalue weighted by molar-refractivity contribution is 1.28. The topological polar surface area (TPSA) is 31.9 Å². The largest absolute Gasteiger partial charge is 0.337 e. The molecule has 3 heteroatoms. The Morgan fingerprint density at radius 2 is 1.27 bits per heavy atom. The summed E-state index contributed by atoms with van der Waals surface area (Å²) >= 11 is 0. The predicted molar refractivity (Wildman–Crippen MR) is 108 cm³/mol. The molecular formula is C23H17N3. The van der Waals surface area contributed by atoms with Gasteiger partial charge in [0.25, 0.3) is 0 Å². The molecule has 5 aromatic rings. The normalized spacial score (nSPS) is 11.1. The van der Waals surface area contributed by atoms with Crippen LogP contribution in [0, 0.1) is 0 Å². The Morgan fingerprint density at radius 1 is 0.615 bits per heavy atom. The van der Waals surface area contributed by atoms with E-state index in [2.05, 4.69) is 87.7 Å². The second-order valence-corrected chi connectivity index (χ2v) is 6.23. The fourth-order valence-electron chi connectivity index (χ4n) is 3.50. The van der Waals surface area contributed by atoms with Crippen molar-refractivity contribution in [1.29, 1.82) is 0 Å². The van der Waals surface area contributed by atoms with Gasteiger partial charge in [0.15, 0.2) is 0 Å². The molecule has 0 spiro atoms. The predicted octanol–water partition coefficient (Wildman–Crippen LogP) is 6.19. The van der Waals surface area contributed by atoms with Crippen LogP contribution in [0.15, 0.2) is 97.2 Å². The monoisotopic (exact) mass is 335 g/mol. The maximum absolute atomic E-state index is 4.49. The fourth-order valence-corrected chi connectivity index (χ4v) is 3.50. The number of fused-ring (bicyclic) bond motifs is 3. The number of aromatic nitrogens is 2. The highest BCUT2D eigenvalue weighted by Crippen LogP contribution is 2.39. The molecule has 0 amide bonds. The summed E-state index contributed by atoms with van der Waals surface area (Å²) in [6.07, 6.45) is 1.82. The number of nitrogens with one attached hydrogen (secondary N) is 1. The van der Waals surface area contributed by atoms with E-state index in [1.165, 1.54) is 5.39 Å². The zero-order valence-electron chi connectivity index (χ0n) is 14.1. The van der Waals surface area contributed by atoms with Gasteiger partial charge in [0, 0.05) is 28.3 Å². The zero-order chi connectivity index (χ0) is 17.3. The van der Waals surface area contributed by atoms with Gasteiger partial charge in [0.1, 0.15) is 5.65 Å². The third-order valence-electron chi connectivity index (χ3n) is 4.65. The number of hydrogen-bond donors (Lipinski definition) is 1. The lowest BCUT2D eigenvalue weighted by atomic mass is 10.1. The van der Waals surface area contributed by atoms with Crippen LogP contribution >= 0.6 is 0 Å². The van der Waals surface area contributed by atoms with E-state index >= 15 is 0 Å². The second-order valence-electron chi connectivity index (χ2n) is 6.23. The van der Waals surface area contributed by atoms with Gasteiger partial charge in [-0.1, -0.05) is 48.5 Å². The lowest BCUT2D eigenvalue weighted by Crippen LogP contribution is -2.10. The number of H-pyrrole nitrogens is 1. The summed E-state index contributed by atoms with van der Waals surface area (Å²) in [5.74, 6) is 0. The molecule has 0 aliphatic heterocycles. The van der Waals surface area contributed by atoms with Crippen molar-refractivity contribution in [2.24, 2.45) is 0 Å². The summed E-state index contributed by atoms with van der Waals surface area (Å²) in [5.41, 5.74) is 5.36. The third kappa shape index (κ3) is 2.33. The quantitative estimate of drug-likeness (QED) is 0.426. The van der Waals surface area contributed by atoms with Crippen LogP contribution in [0.5, 0.6) is 0 Å². The Balaban J connectivity index is 1.82. The van der Waals surface area contributed by atoms with Crippen LogP contribution < -0.4 is 4.90 Å². The Bertz CT molecular complexity index is 1140. The van der Waals surface area contributed by atoms with Gasteiger partial charge < -0.3 is 9.88 Å². The van der Waals surface area contributed by atoms with E-state index in [4.69, 9.17) is 0 Å². The number of anilines is 3. The minimum absolute atomic E-state index is 0.913. The third-order valence-corrected chi connectivity index (χ3v) is 4.65. The molecule has 2 heterocycles. The van der Waals surface area contributed by atoms with Crippen molar-refractivity contribution in [3.8, 4) is 0 Å². The summed E-state index contributed by atoms with van der Waals surface area (Å²) < 4.78 is 0. The van der Waals surface area contributed by atoms with Gasteiger partial charge in [-0.3, -0.25) is 0 Å². The smallest absolute Gasteiger partial charge is 0.138 e. The average Bonchev–Trinajstić information content (AvgIpc) is 3.10. The minimum atomic E-state index is 0.913. The van der Waals surface area contributed by atoms with E-state index in [1.807, 2.05) is 24.4 Å². The van der Waals surface area contributed by atoms with Gasteiger partial charge in [-0.15, -0.1) is 0 Å². The number of pyridine rings is 1. The first kappa shape index (κ1) is 14.7. The number of rotatable bonds is 3. The summed E-state index contributed by atoms with van der Waals surface area (Å²) in [5, 5.41) is 2.33. The standard InChI is InChI=1S/C23H17N3/c1-3-9-17(10-4-1)26(18-11-5-2-6-12-18)21-15-7-13-19-20-14-8-16-24-23(20)25-22(19)21/h1-16H,(H,24,25). The van der Waals surface area contributed by atoms with Gasteiger partial charge in [-0.2, -0.15) is 0 Å². The van der Waals surface area contributed by atoms with Crippen molar-refractivity contribution < 1.29 is 0 Å². The highest BCUT2D eigenvalue weighted by molar-refractivity contribution is 6.11. The summed E-state index contributed by atoms with van der Waals surface area (Å²) in [6.45, 7) is 0. The minimum Gasteiger partial charge on any atom is -0.337 e. The Labute approximate surface area is 151 Å². The van der Waals surface area contributed by atoms with Gasteiger partial charge in [0.2, 0.25) is 0 Å². The first-order valence-corrected chi connectivity index (χ1v) is 8.67. The molecule has 0 unspecified atom stereocenters. The first-order valence-electron chi connectivity index (χ1n) is 8.67. The second kappa shape index (κ2) is 6.05. The van der Waals surface area contributed by atoms with E-state index < -0.39 is 0 Å². The number of para-hydroxylation sites is 3. The van der Waals surface area contributed by atoms with Crippen molar-refractivity contribution >= 4 is 39.0 Å². The van der Waals surface area contributed by atoms with Crippen LogP contribution in [-0.2, 0) is 0 Å². The van der Waals surface area contributed by atoms with E-state index in [0.29, 0.717) is 0 Å². The van der Waals surface area contributed by atoms with E-state index in [9.17, 15) is 0 Å². The highest BCUT2D eigenvalue weighted by Gasteiger charge is 2.17. The number of hydrogen-bond acceptors (Lipinski definition) is 2. The number of aromatic amines is 1. The molecular weight excluding hydrogens is 318 g/mol. The maximum atomic E-state index is 4.49. The molecule has 5 rings (SSSR count). The molecule has 0 saturated carbocycles. The maximum Gasteiger partial charge on any atom is 0.138 e. The molecule has 3 aromatic carbocycles. The van der Waals surface area contributed by atoms with Crippen LogP contribution in [0.4, 0.5) is 17.1 Å². The Kier molecular flexibility index (Phi) is 3.42. The Hall–Kier alpha value is -3.59. The number of benzene rings is 3. The molecule has 0 bridgehead atoms. The molecule has 0 aliphatic carbocycles. The van der Waals surface area contributed by atoms with Crippen molar-refractivity contribution in [2.45, 2.75) is 0 Å². The first-order chi connectivity index (χ1) is 12.9. The summed E-state index contributed by atoms with van der Waals surface area (Å²) in [7, 11) is 0. The molecule has 0 atom stereocenters. The average molecular weight is 335 g/mol. The molecule has 0 radical (unpaired) electrons. The van der Waals surface area contributed by atoms with Crippen LogP contribution in [0.2, 0.25) is 0 Å². The summed E-state index contributed by atoms with van der Waals surface area (Å²) in [4.78, 5) is 10.3. The van der Waals surface area contributed by atoms with Crippen molar-refractivity contribution in [1.82, 2.24) is 9.97 Å². The number of nitrogens with zero attached hydrogens (tertiary/aromatic N) is 2. The van der Waals surface area contributed by atoms with Crippen LogP contribution in [0.3, 0.4) is 0 Å². The van der Waals surface area contributed by atoms with Gasteiger partial charge in [-0.05, 0) is 42.5 Å². The SMILES string of the molecule is c1ccc(N(c2ccccc2)c2cccc3c2[nH]c2ncccc23)cc1. The molecule has 0 saturated heterocycles. The van der Waals surface area contributed by atoms with Crippen LogP contribution in [0.25, 0.3) is 21.9 Å².